The molecule has 0 radical (unpaired) electrons. The van der Waals surface area contributed by atoms with Gasteiger partial charge in [0.2, 0.25) is 0 Å². The number of rotatable bonds is 3. The number of hydrogen-bond donors (Lipinski definition) is 1. The minimum Gasteiger partial charge on any atom is -0.390 e. The van der Waals surface area contributed by atoms with Crippen LogP contribution in [0, 0.1) is 0 Å². The predicted octanol–water partition coefficient (Wildman–Crippen LogP) is 0.515. The highest BCUT2D eigenvalue weighted by molar-refractivity contribution is 5.76. The Bertz CT molecular complexity index is 198. The van der Waals surface area contributed by atoms with Gasteiger partial charge in [-0.25, -0.2) is 4.79 Å². The van der Waals surface area contributed by atoms with Crippen molar-refractivity contribution in [2.24, 2.45) is 0 Å². The number of aliphatic hydroxyl groups is 1. The molecule has 0 aliphatic carbocycles. The van der Waals surface area contributed by atoms with Crippen LogP contribution in [-0.4, -0.2) is 53.2 Å². The third-order valence-electron chi connectivity index (χ3n) is 2.30. The molecule has 4 heteroatoms. The monoisotopic (exact) mass is 186 g/mol. The third kappa shape index (κ3) is 2.88. The number of carbonyl (C=O) groups is 1. The lowest BCUT2D eigenvalue weighted by Crippen LogP contribution is -2.34. The molecule has 1 rings (SSSR count). The van der Waals surface area contributed by atoms with Gasteiger partial charge >= 0.3 is 6.03 Å². The van der Waals surface area contributed by atoms with Crippen LogP contribution in [0.15, 0.2) is 0 Å². The van der Waals surface area contributed by atoms with E-state index >= 15 is 0 Å². The summed E-state index contributed by atoms with van der Waals surface area (Å²) in [5, 5.41) is 9.48. The molecule has 1 aliphatic heterocycles. The van der Waals surface area contributed by atoms with E-state index in [1.54, 1.807) is 30.7 Å². The number of urea groups is 1. The van der Waals surface area contributed by atoms with E-state index in [0.717, 1.165) is 13.1 Å². The van der Waals surface area contributed by atoms with Crippen molar-refractivity contribution in [2.75, 3.05) is 26.7 Å². The molecule has 1 N–H and O–H groups in total. The van der Waals surface area contributed by atoms with Crippen LogP contribution >= 0.6 is 0 Å². The average molecular weight is 186 g/mol. The van der Waals surface area contributed by atoms with Crippen molar-refractivity contribution in [1.29, 1.82) is 0 Å². The first-order chi connectivity index (χ1) is 5.90. The molecule has 0 aromatic heterocycles. The van der Waals surface area contributed by atoms with Gasteiger partial charge in [-0.1, -0.05) is 0 Å². The Hall–Kier alpha value is -0.770. The minimum atomic E-state index is -0.679. The summed E-state index contributed by atoms with van der Waals surface area (Å²) in [6.07, 6.45) is 0.632. The van der Waals surface area contributed by atoms with Crippen molar-refractivity contribution in [2.45, 2.75) is 25.9 Å². The topological polar surface area (TPSA) is 43.8 Å². The Morgan fingerprint density at radius 2 is 2.08 bits per heavy atom. The van der Waals surface area contributed by atoms with E-state index in [0.29, 0.717) is 13.0 Å². The normalized spacial score (nSPS) is 18.6. The molecule has 0 spiro atoms. The molecule has 1 saturated heterocycles. The number of nitrogens with zero attached hydrogens (tertiary/aromatic N) is 2. The summed E-state index contributed by atoms with van der Waals surface area (Å²) in [6, 6.07) is 0.0734. The van der Waals surface area contributed by atoms with E-state index in [9.17, 15) is 9.90 Å². The summed E-state index contributed by atoms with van der Waals surface area (Å²) < 4.78 is 0. The maximum Gasteiger partial charge on any atom is 0.319 e. The van der Waals surface area contributed by atoms with Gasteiger partial charge in [0.25, 0.3) is 0 Å². The largest absolute Gasteiger partial charge is 0.390 e. The molecule has 0 atom stereocenters. The molecule has 1 heterocycles. The lowest BCUT2D eigenvalue weighted by atomic mass is 10.1. The van der Waals surface area contributed by atoms with Gasteiger partial charge in [0, 0.05) is 26.7 Å². The number of hydrogen-bond acceptors (Lipinski definition) is 2. The van der Waals surface area contributed by atoms with Gasteiger partial charge in [0.05, 0.1) is 5.60 Å². The first-order valence-corrected chi connectivity index (χ1v) is 4.62. The molecular formula is C9H18N2O2. The second kappa shape index (κ2) is 3.54. The van der Waals surface area contributed by atoms with Gasteiger partial charge in [-0.2, -0.15) is 0 Å². The van der Waals surface area contributed by atoms with Gasteiger partial charge in [-0.3, -0.25) is 0 Å². The van der Waals surface area contributed by atoms with E-state index in [2.05, 4.69) is 0 Å². The third-order valence-corrected chi connectivity index (χ3v) is 2.30. The average Bonchev–Trinajstić information content (AvgIpc) is 2.29. The van der Waals surface area contributed by atoms with Crippen LogP contribution in [-0.2, 0) is 0 Å². The van der Waals surface area contributed by atoms with E-state index in [1.807, 2.05) is 0 Å². The number of likely N-dealkylation sites (N-methyl/N-ethyl adjacent to an activating group) is 1. The van der Waals surface area contributed by atoms with Gasteiger partial charge in [-0.05, 0) is 20.3 Å². The van der Waals surface area contributed by atoms with Gasteiger partial charge in [-0.15, -0.1) is 0 Å². The Labute approximate surface area is 79.1 Å². The Balaban J connectivity index is 2.35. The molecule has 4 nitrogen and oxygen atoms in total. The molecule has 0 unspecified atom stereocenters. The highest BCUT2D eigenvalue weighted by atomic mass is 16.3. The van der Waals surface area contributed by atoms with Gasteiger partial charge < -0.3 is 14.9 Å². The molecule has 0 saturated carbocycles. The van der Waals surface area contributed by atoms with Gasteiger partial charge in [0.1, 0.15) is 0 Å². The summed E-state index contributed by atoms with van der Waals surface area (Å²) in [7, 11) is 1.80. The second-order valence-corrected chi connectivity index (χ2v) is 4.25. The standard InChI is InChI=1S/C9H18N2O2/c1-9(2,13)4-5-11-7-6-10(3)8(11)12/h13H,4-7H2,1-3H3. The molecule has 13 heavy (non-hydrogen) atoms. The van der Waals surface area contributed by atoms with Crippen LogP contribution in [0.4, 0.5) is 4.79 Å². The summed E-state index contributed by atoms with van der Waals surface area (Å²) in [6.45, 7) is 5.75. The zero-order valence-corrected chi connectivity index (χ0v) is 8.58. The fourth-order valence-electron chi connectivity index (χ4n) is 1.32. The molecule has 0 aromatic carbocycles. The van der Waals surface area contributed by atoms with Crippen LogP contribution in [0.1, 0.15) is 20.3 Å². The van der Waals surface area contributed by atoms with Crippen LogP contribution in [0.3, 0.4) is 0 Å². The van der Waals surface area contributed by atoms with Crippen LogP contribution < -0.4 is 0 Å². The van der Waals surface area contributed by atoms with Crippen molar-refractivity contribution in [3.05, 3.63) is 0 Å². The Kier molecular flexibility index (Phi) is 2.81. The molecular weight excluding hydrogens is 168 g/mol. The van der Waals surface area contributed by atoms with Gasteiger partial charge in [0.15, 0.2) is 0 Å². The highest BCUT2D eigenvalue weighted by Gasteiger charge is 2.26. The van der Waals surface area contributed by atoms with E-state index in [4.69, 9.17) is 0 Å². The van der Waals surface area contributed by atoms with Crippen LogP contribution in [0.25, 0.3) is 0 Å². The van der Waals surface area contributed by atoms with Crippen molar-refractivity contribution < 1.29 is 9.90 Å². The smallest absolute Gasteiger partial charge is 0.319 e. The second-order valence-electron chi connectivity index (χ2n) is 4.25. The van der Waals surface area contributed by atoms with Crippen molar-refractivity contribution in [3.8, 4) is 0 Å². The lowest BCUT2D eigenvalue weighted by Gasteiger charge is -2.21. The summed E-state index contributed by atoms with van der Waals surface area (Å²) in [5.74, 6) is 0. The van der Waals surface area contributed by atoms with Crippen molar-refractivity contribution in [3.63, 3.8) is 0 Å². The molecule has 1 aliphatic rings. The quantitative estimate of drug-likeness (QED) is 0.698. The first-order valence-electron chi connectivity index (χ1n) is 4.62. The summed E-state index contributed by atoms with van der Waals surface area (Å²) in [4.78, 5) is 14.9. The SMILES string of the molecule is CN1CCN(CCC(C)(C)O)C1=O. The van der Waals surface area contributed by atoms with Crippen molar-refractivity contribution >= 4 is 6.03 Å². The van der Waals surface area contributed by atoms with Crippen molar-refractivity contribution in [1.82, 2.24) is 9.80 Å². The predicted molar refractivity (Wildman–Crippen MR) is 50.5 cm³/mol. The van der Waals surface area contributed by atoms with E-state index in [-0.39, 0.29) is 6.03 Å². The molecule has 0 bridgehead atoms. The van der Waals surface area contributed by atoms with Crippen LogP contribution in [0.2, 0.25) is 0 Å². The summed E-state index contributed by atoms with van der Waals surface area (Å²) in [5.41, 5.74) is -0.679. The molecule has 0 aromatic rings. The van der Waals surface area contributed by atoms with Crippen LogP contribution in [0.5, 0.6) is 0 Å². The van der Waals surface area contributed by atoms with E-state index in [1.165, 1.54) is 0 Å². The Morgan fingerprint density at radius 3 is 2.46 bits per heavy atom. The summed E-state index contributed by atoms with van der Waals surface area (Å²) >= 11 is 0. The minimum absolute atomic E-state index is 0.0734. The fourth-order valence-corrected chi connectivity index (χ4v) is 1.32. The lowest BCUT2D eigenvalue weighted by molar-refractivity contribution is 0.0632. The fraction of sp³-hybridized carbons (Fsp3) is 0.889. The molecule has 1 fully saturated rings. The highest BCUT2D eigenvalue weighted by Crippen LogP contribution is 2.12. The zero-order chi connectivity index (χ0) is 10.1. The number of carbonyl (C=O) groups excluding carboxylic acids is 1. The number of amides is 2. The Morgan fingerprint density at radius 1 is 1.46 bits per heavy atom. The molecule has 76 valence electrons. The maximum absolute atomic E-state index is 11.4. The molecule has 2 amide bonds. The first kappa shape index (κ1) is 10.3. The van der Waals surface area contributed by atoms with E-state index < -0.39 is 5.60 Å². The zero-order valence-electron chi connectivity index (χ0n) is 8.58. The maximum atomic E-state index is 11.4.